The molecule has 0 aliphatic rings. The second kappa shape index (κ2) is 14.3. The Balaban J connectivity index is 1.99. The summed E-state index contributed by atoms with van der Waals surface area (Å²) in [6.45, 7) is 7.96. The fraction of sp³-hybridized carbons (Fsp3) is 0.355. The lowest BCUT2D eigenvalue weighted by Gasteiger charge is -2.33. The normalized spacial score (nSPS) is 12.2. The van der Waals surface area contributed by atoms with Gasteiger partial charge in [0.2, 0.25) is 11.8 Å². The van der Waals surface area contributed by atoms with Crippen LogP contribution in [0.4, 0.5) is 5.69 Å². The maximum absolute atomic E-state index is 14.0. The average molecular weight is 584 g/mol. The Labute approximate surface area is 243 Å². The van der Waals surface area contributed by atoms with Crippen LogP contribution in [0.5, 0.6) is 0 Å². The number of halogens is 1. The van der Waals surface area contributed by atoms with Crippen LogP contribution in [0.25, 0.3) is 0 Å². The van der Waals surface area contributed by atoms with E-state index in [1.165, 1.54) is 23.1 Å². The summed E-state index contributed by atoms with van der Waals surface area (Å²) in [5, 5.41) is 3.28. The number of hydrogen-bond acceptors (Lipinski definition) is 4. The van der Waals surface area contributed by atoms with Gasteiger partial charge in [-0.05, 0) is 61.6 Å². The van der Waals surface area contributed by atoms with Crippen LogP contribution in [-0.2, 0) is 26.0 Å². The van der Waals surface area contributed by atoms with Crippen LogP contribution in [0.15, 0.2) is 83.8 Å². The van der Waals surface area contributed by atoms with Crippen molar-refractivity contribution >= 4 is 39.1 Å². The number of rotatable bonds is 13. The number of nitrogens with one attached hydrogen (secondary N) is 1. The molecule has 0 aliphatic heterocycles. The summed E-state index contributed by atoms with van der Waals surface area (Å²) in [4.78, 5) is 28.8. The Morgan fingerprint density at radius 2 is 1.62 bits per heavy atom. The molecule has 0 spiro atoms. The lowest BCUT2D eigenvalue weighted by Crippen LogP contribution is -2.53. The van der Waals surface area contributed by atoms with Gasteiger partial charge in [-0.1, -0.05) is 86.5 Å². The van der Waals surface area contributed by atoms with Crippen molar-refractivity contribution in [2.24, 2.45) is 5.92 Å². The number of carbonyl (C=O) groups excluding carboxylic acids is 2. The number of carbonyl (C=O) groups is 2. The Hall–Kier alpha value is -3.36. The first-order valence-electron chi connectivity index (χ1n) is 13.5. The lowest BCUT2D eigenvalue weighted by molar-refractivity contribution is -0.139. The zero-order valence-corrected chi connectivity index (χ0v) is 25.1. The molecule has 3 rings (SSSR count). The smallest absolute Gasteiger partial charge is 0.264 e. The van der Waals surface area contributed by atoms with Gasteiger partial charge in [-0.2, -0.15) is 0 Å². The topological polar surface area (TPSA) is 86.8 Å². The summed E-state index contributed by atoms with van der Waals surface area (Å²) in [7, 11) is -4.13. The first-order valence-corrected chi connectivity index (χ1v) is 15.3. The molecule has 1 N–H and O–H groups in total. The molecule has 40 heavy (non-hydrogen) atoms. The Bertz CT molecular complexity index is 1380. The van der Waals surface area contributed by atoms with Crippen LogP contribution in [0, 0.1) is 12.8 Å². The zero-order valence-electron chi connectivity index (χ0n) is 23.5. The molecular formula is C31H38ClN3O4S. The fourth-order valence-electron chi connectivity index (χ4n) is 4.32. The number of aryl methyl sites for hydroxylation is 1. The highest BCUT2D eigenvalue weighted by Crippen LogP contribution is 2.27. The number of benzene rings is 3. The quantitative estimate of drug-likeness (QED) is 0.289. The van der Waals surface area contributed by atoms with E-state index in [0.717, 1.165) is 15.4 Å². The summed E-state index contributed by atoms with van der Waals surface area (Å²) in [5.74, 6) is -0.487. The summed E-state index contributed by atoms with van der Waals surface area (Å²) in [5.41, 5.74) is 2.19. The molecule has 0 aromatic heterocycles. The van der Waals surface area contributed by atoms with Gasteiger partial charge in [0.15, 0.2) is 0 Å². The molecule has 7 nitrogen and oxygen atoms in total. The van der Waals surface area contributed by atoms with Gasteiger partial charge < -0.3 is 10.2 Å². The molecule has 3 aromatic rings. The molecule has 0 saturated carbocycles. The van der Waals surface area contributed by atoms with Gasteiger partial charge in [-0.3, -0.25) is 13.9 Å². The molecule has 0 aliphatic carbocycles. The molecule has 0 heterocycles. The Morgan fingerprint density at radius 1 is 0.950 bits per heavy atom. The minimum absolute atomic E-state index is 0.0587. The zero-order chi connectivity index (χ0) is 29.3. The molecule has 2 amide bonds. The van der Waals surface area contributed by atoms with Crippen molar-refractivity contribution in [2.45, 2.75) is 51.5 Å². The molecule has 3 aromatic carbocycles. The minimum Gasteiger partial charge on any atom is -0.354 e. The summed E-state index contributed by atoms with van der Waals surface area (Å²) in [6.07, 6.45) is 0.898. The molecule has 0 unspecified atom stereocenters. The molecule has 0 radical (unpaired) electrons. The van der Waals surface area contributed by atoms with Gasteiger partial charge in [-0.25, -0.2) is 8.42 Å². The maximum atomic E-state index is 14.0. The summed E-state index contributed by atoms with van der Waals surface area (Å²) in [6, 6.07) is 21.8. The van der Waals surface area contributed by atoms with Gasteiger partial charge >= 0.3 is 0 Å². The average Bonchev–Trinajstić information content (AvgIpc) is 2.93. The highest BCUT2D eigenvalue weighted by molar-refractivity contribution is 7.92. The van der Waals surface area contributed by atoms with Crippen LogP contribution in [0.3, 0.4) is 0 Å². The Morgan fingerprint density at radius 3 is 2.23 bits per heavy atom. The van der Waals surface area contributed by atoms with Crippen LogP contribution in [0.2, 0.25) is 5.02 Å². The largest absolute Gasteiger partial charge is 0.354 e. The number of amides is 2. The highest BCUT2D eigenvalue weighted by atomic mass is 35.5. The summed E-state index contributed by atoms with van der Waals surface area (Å²) >= 11 is 6.23. The van der Waals surface area contributed by atoms with Crippen LogP contribution in [0.1, 0.15) is 38.3 Å². The third kappa shape index (κ3) is 8.32. The van der Waals surface area contributed by atoms with E-state index in [-0.39, 0.29) is 29.0 Å². The third-order valence-corrected chi connectivity index (χ3v) is 8.56. The van der Waals surface area contributed by atoms with Crippen LogP contribution < -0.4 is 9.62 Å². The predicted molar refractivity (Wildman–Crippen MR) is 161 cm³/mol. The van der Waals surface area contributed by atoms with Crippen molar-refractivity contribution < 1.29 is 18.0 Å². The number of hydrogen-bond donors (Lipinski definition) is 1. The van der Waals surface area contributed by atoms with E-state index in [4.69, 9.17) is 11.6 Å². The standard InChI is InChI=1S/C31H38ClN3O4S/c1-5-29(31(37)33-21-23(2)3)34(19-18-25-10-7-6-8-11-25)30(36)22-35(27-13-9-12-26(32)20-27)40(38,39)28-16-14-24(4)15-17-28/h6-17,20,23,29H,5,18-19,21-22H2,1-4H3,(H,33,37)/t29-/m0/s1. The van der Waals surface area contributed by atoms with E-state index in [0.29, 0.717) is 24.4 Å². The number of sulfonamides is 1. The third-order valence-electron chi connectivity index (χ3n) is 6.54. The van der Waals surface area contributed by atoms with E-state index < -0.39 is 28.5 Å². The lowest BCUT2D eigenvalue weighted by atomic mass is 10.1. The molecule has 1 atom stereocenters. The van der Waals surface area contributed by atoms with E-state index in [1.54, 1.807) is 30.3 Å². The highest BCUT2D eigenvalue weighted by Gasteiger charge is 2.33. The van der Waals surface area contributed by atoms with Gasteiger partial charge in [0.25, 0.3) is 10.0 Å². The van der Waals surface area contributed by atoms with Crippen LogP contribution >= 0.6 is 11.6 Å². The predicted octanol–water partition coefficient (Wildman–Crippen LogP) is 5.47. The molecule has 214 valence electrons. The van der Waals surface area contributed by atoms with E-state index >= 15 is 0 Å². The summed E-state index contributed by atoms with van der Waals surface area (Å²) < 4.78 is 28.8. The number of anilines is 1. The van der Waals surface area contributed by atoms with E-state index in [9.17, 15) is 18.0 Å². The van der Waals surface area contributed by atoms with E-state index in [1.807, 2.05) is 58.0 Å². The van der Waals surface area contributed by atoms with Crippen LogP contribution in [-0.4, -0.2) is 50.8 Å². The SMILES string of the molecule is CC[C@@H](C(=O)NCC(C)C)N(CCc1ccccc1)C(=O)CN(c1cccc(Cl)c1)S(=O)(=O)c1ccc(C)cc1. The molecule has 0 saturated heterocycles. The van der Waals surface area contributed by atoms with Crippen molar-refractivity contribution in [1.82, 2.24) is 10.2 Å². The molecule has 9 heteroatoms. The van der Waals surface area contributed by atoms with Gasteiger partial charge in [0.1, 0.15) is 12.6 Å². The van der Waals surface area contributed by atoms with Crippen molar-refractivity contribution in [3.63, 3.8) is 0 Å². The maximum Gasteiger partial charge on any atom is 0.264 e. The van der Waals surface area contributed by atoms with Crippen molar-refractivity contribution in [3.8, 4) is 0 Å². The van der Waals surface area contributed by atoms with Gasteiger partial charge in [0, 0.05) is 18.1 Å². The molecule has 0 bridgehead atoms. The molecule has 0 fully saturated rings. The second-order valence-corrected chi connectivity index (χ2v) is 12.5. The molecular weight excluding hydrogens is 546 g/mol. The van der Waals surface area contributed by atoms with Gasteiger partial charge in [0.05, 0.1) is 10.6 Å². The Kier molecular flexibility index (Phi) is 11.2. The monoisotopic (exact) mass is 583 g/mol. The first kappa shape index (κ1) is 31.2. The van der Waals surface area contributed by atoms with E-state index in [2.05, 4.69) is 5.32 Å². The first-order chi connectivity index (χ1) is 19.0. The van der Waals surface area contributed by atoms with Gasteiger partial charge in [-0.15, -0.1) is 0 Å². The number of nitrogens with zero attached hydrogens (tertiary/aromatic N) is 2. The van der Waals surface area contributed by atoms with Crippen molar-refractivity contribution in [2.75, 3.05) is 23.9 Å². The minimum atomic E-state index is -4.13. The fourth-order valence-corrected chi connectivity index (χ4v) is 5.91. The van der Waals surface area contributed by atoms with Crippen molar-refractivity contribution in [3.05, 3.63) is 95.0 Å². The second-order valence-electron chi connectivity index (χ2n) is 10.2. The van der Waals surface area contributed by atoms with Crippen molar-refractivity contribution in [1.29, 1.82) is 0 Å².